The van der Waals surface area contributed by atoms with E-state index in [1.54, 1.807) is 24.3 Å². The maximum Gasteiger partial charge on any atom is 0.261 e. The third-order valence-corrected chi connectivity index (χ3v) is 4.38. The van der Waals surface area contributed by atoms with Gasteiger partial charge < -0.3 is 5.32 Å². The number of hydrogen-bond donors (Lipinski definition) is 1. The quantitative estimate of drug-likeness (QED) is 0.857. The number of hydrogen-bond acceptors (Lipinski definition) is 3. The Morgan fingerprint density at radius 1 is 1.00 bits per heavy atom. The van der Waals surface area contributed by atoms with Crippen molar-refractivity contribution in [3.63, 3.8) is 0 Å². The molecule has 0 bridgehead atoms. The average Bonchev–Trinajstić information content (AvgIpc) is 2.80. The van der Waals surface area contributed by atoms with E-state index >= 15 is 0 Å². The molecule has 3 rings (SSSR count). The van der Waals surface area contributed by atoms with E-state index in [-0.39, 0.29) is 17.9 Å². The number of imide groups is 1. The first kappa shape index (κ1) is 15.7. The van der Waals surface area contributed by atoms with Gasteiger partial charge in [-0.25, -0.2) is 0 Å². The van der Waals surface area contributed by atoms with Crippen LogP contribution in [0.2, 0.25) is 5.02 Å². The second-order valence-corrected chi connectivity index (χ2v) is 5.91. The lowest BCUT2D eigenvalue weighted by atomic mass is 10.1. The van der Waals surface area contributed by atoms with E-state index in [0.29, 0.717) is 29.2 Å². The van der Waals surface area contributed by atoms with Crippen LogP contribution in [-0.4, -0.2) is 29.8 Å². The van der Waals surface area contributed by atoms with Gasteiger partial charge in [0.25, 0.3) is 11.8 Å². The lowest BCUT2D eigenvalue weighted by molar-refractivity contribution is 0.0654. The Bertz CT molecular complexity index is 725. The Balaban J connectivity index is 1.61. The van der Waals surface area contributed by atoms with Crippen molar-refractivity contribution in [3.8, 4) is 0 Å². The molecule has 0 fully saturated rings. The van der Waals surface area contributed by atoms with E-state index in [0.717, 1.165) is 5.56 Å². The van der Waals surface area contributed by atoms with Crippen LogP contribution in [0.4, 0.5) is 0 Å². The van der Waals surface area contributed by atoms with Crippen LogP contribution in [0.15, 0.2) is 48.5 Å². The summed E-state index contributed by atoms with van der Waals surface area (Å²) in [5.74, 6) is -0.449. The number of halogens is 1. The molecule has 4 nitrogen and oxygen atoms in total. The number of nitrogens with one attached hydrogen (secondary N) is 1. The molecule has 0 unspecified atom stereocenters. The normalized spacial score (nSPS) is 15.0. The largest absolute Gasteiger partial charge is 0.308 e. The molecule has 1 aliphatic heterocycles. The van der Waals surface area contributed by atoms with Crippen molar-refractivity contribution < 1.29 is 9.59 Å². The number of fused-ring (bicyclic) bond motifs is 1. The first-order valence-electron chi connectivity index (χ1n) is 7.52. The van der Waals surface area contributed by atoms with Gasteiger partial charge in [0.05, 0.1) is 11.1 Å². The number of benzene rings is 2. The fourth-order valence-corrected chi connectivity index (χ4v) is 3.07. The summed E-state index contributed by atoms with van der Waals surface area (Å²) in [5, 5.41) is 4.01. The number of amides is 2. The minimum atomic E-state index is -0.224. The van der Waals surface area contributed by atoms with E-state index < -0.39 is 0 Å². The molecular formula is C18H17ClN2O2. The Labute approximate surface area is 140 Å². The molecule has 1 atom stereocenters. The molecule has 2 aromatic rings. The Kier molecular flexibility index (Phi) is 4.46. The van der Waals surface area contributed by atoms with Gasteiger partial charge >= 0.3 is 0 Å². The van der Waals surface area contributed by atoms with Crippen LogP contribution in [0.1, 0.15) is 39.2 Å². The Morgan fingerprint density at radius 3 is 2.17 bits per heavy atom. The summed E-state index contributed by atoms with van der Waals surface area (Å²) in [6.45, 7) is 2.85. The summed E-state index contributed by atoms with van der Waals surface area (Å²) in [5.41, 5.74) is 1.96. The number of rotatable bonds is 5. The third-order valence-electron chi connectivity index (χ3n) is 4.04. The predicted molar refractivity (Wildman–Crippen MR) is 89.7 cm³/mol. The van der Waals surface area contributed by atoms with Gasteiger partial charge in [-0.1, -0.05) is 41.9 Å². The molecule has 2 amide bonds. The number of nitrogens with zero attached hydrogens (tertiary/aromatic N) is 1. The molecule has 0 aromatic heterocycles. The molecule has 23 heavy (non-hydrogen) atoms. The molecule has 0 radical (unpaired) electrons. The lowest BCUT2D eigenvalue weighted by Crippen LogP contribution is -2.37. The van der Waals surface area contributed by atoms with Crippen molar-refractivity contribution in [1.82, 2.24) is 10.2 Å². The summed E-state index contributed by atoms with van der Waals surface area (Å²) in [6.07, 6.45) is 0. The van der Waals surface area contributed by atoms with Gasteiger partial charge in [0.15, 0.2) is 0 Å². The summed E-state index contributed by atoms with van der Waals surface area (Å²) < 4.78 is 0. The molecule has 2 aromatic carbocycles. The topological polar surface area (TPSA) is 49.4 Å². The fraction of sp³-hybridized carbons (Fsp3) is 0.222. The lowest BCUT2D eigenvalue weighted by Gasteiger charge is -2.18. The molecule has 118 valence electrons. The zero-order valence-electron chi connectivity index (χ0n) is 12.8. The molecule has 1 N–H and O–H groups in total. The Morgan fingerprint density at radius 2 is 1.57 bits per heavy atom. The fourth-order valence-electron chi connectivity index (χ4n) is 2.77. The van der Waals surface area contributed by atoms with Gasteiger partial charge in [-0.2, -0.15) is 0 Å². The minimum absolute atomic E-state index is 0.0406. The van der Waals surface area contributed by atoms with Crippen LogP contribution in [0.3, 0.4) is 0 Å². The molecule has 0 aliphatic carbocycles. The highest BCUT2D eigenvalue weighted by molar-refractivity contribution is 6.31. The van der Waals surface area contributed by atoms with Crippen LogP contribution < -0.4 is 5.32 Å². The van der Waals surface area contributed by atoms with E-state index in [9.17, 15) is 9.59 Å². The molecular weight excluding hydrogens is 312 g/mol. The Hall–Kier alpha value is -2.17. The number of carbonyl (C=O) groups excluding carboxylic acids is 2. The van der Waals surface area contributed by atoms with Crippen molar-refractivity contribution >= 4 is 23.4 Å². The van der Waals surface area contributed by atoms with Crippen molar-refractivity contribution in [2.24, 2.45) is 0 Å². The SMILES string of the molecule is C[C@@H](NCCN1C(=O)c2ccccc2C1=O)c1ccccc1Cl. The third kappa shape index (κ3) is 3.00. The van der Waals surface area contributed by atoms with Crippen molar-refractivity contribution in [3.05, 3.63) is 70.2 Å². The smallest absolute Gasteiger partial charge is 0.261 e. The summed E-state index contributed by atoms with van der Waals surface area (Å²) in [6, 6.07) is 14.6. The van der Waals surface area contributed by atoms with Crippen LogP contribution >= 0.6 is 11.6 Å². The monoisotopic (exact) mass is 328 g/mol. The molecule has 1 aliphatic rings. The van der Waals surface area contributed by atoms with E-state index in [2.05, 4.69) is 5.32 Å². The van der Waals surface area contributed by atoms with Gasteiger partial charge in [-0.05, 0) is 30.7 Å². The molecule has 1 heterocycles. The summed E-state index contributed by atoms with van der Waals surface area (Å²) in [4.78, 5) is 25.8. The van der Waals surface area contributed by atoms with E-state index in [4.69, 9.17) is 11.6 Å². The maximum atomic E-state index is 12.3. The van der Waals surface area contributed by atoms with E-state index in [1.807, 2.05) is 31.2 Å². The molecule has 0 saturated carbocycles. The first-order valence-corrected chi connectivity index (χ1v) is 7.90. The zero-order valence-corrected chi connectivity index (χ0v) is 13.5. The highest BCUT2D eigenvalue weighted by Crippen LogP contribution is 2.23. The van der Waals surface area contributed by atoms with Crippen LogP contribution in [0, 0.1) is 0 Å². The average molecular weight is 329 g/mol. The highest BCUT2D eigenvalue weighted by atomic mass is 35.5. The van der Waals surface area contributed by atoms with E-state index in [1.165, 1.54) is 4.90 Å². The molecule has 0 spiro atoms. The van der Waals surface area contributed by atoms with Gasteiger partial charge in [0, 0.05) is 24.2 Å². The van der Waals surface area contributed by atoms with Crippen LogP contribution in [0.5, 0.6) is 0 Å². The second kappa shape index (κ2) is 6.52. The van der Waals surface area contributed by atoms with Crippen molar-refractivity contribution in [2.75, 3.05) is 13.1 Å². The summed E-state index contributed by atoms with van der Waals surface area (Å²) in [7, 11) is 0. The standard InChI is InChI=1S/C18H17ClN2O2/c1-12(13-6-4-5-9-16(13)19)20-10-11-21-17(22)14-7-2-3-8-15(14)18(21)23/h2-9,12,20H,10-11H2,1H3/t12-/m1/s1. The minimum Gasteiger partial charge on any atom is -0.308 e. The zero-order chi connectivity index (χ0) is 16.4. The highest BCUT2D eigenvalue weighted by Gasteiger charge is 2.34. The van der Waals surface area contributed by atoms with Gasteiger partial charge in [-0.3, -0.25) is 14.5 Å². The van der Waals surface area contributed by atoms with Gasteiger partial charge in [0.1, 0.15) is 0 Å². The van der Waals surface area contributed by atoms with Crippen molar-refractivity contribution in [2.45, 2.75) is 13.0 Å². The second-order valence-electron chi connectivity index (χ2n) is 5.50. The van der Waals surface area contributed by atoms with Gasteiger partial charge in [0.2, 0.25) is 0 Å². The number of carbonyl (C=O) groups is 2. The first-order chi connectivity index (χ1) is 11.1. The van der Waals surface area contributed by atoms with Gasteiger partial charge in [-0.15, -0.1) is 0 Å². The van der Waals surface area contributed by atoms with Crippen LogP contribution in [-0.2, 0) is 0 Å². The molecule has 5 heteroatoms. The van der Waals surface area contributed by atoms with Crippen LogP contribution in [0.25, 0.3) is 0 Å². The predicted octanol–water partition coefficient (Wildman–Crippen LogP) is 3.29. The molecule has 0 saturated heterocycles. The summed E-state index contributed by atoms with van der Waals surface area (Å²) >= 11 is 6.17. The maximum absolute atomic E-state index is 12.3. The van der Waals surface area contributed by atoms with Crippen molar-refractivity contribution in [1.29, 1.82) is 0 Å².